The van der Waals surface area contributed by atoms with Gasteiger partial charge in [0, 0.05) is 0 Å². The van der Waals surface area contributed by atoms with Crippen molar-refractivity contribution in [3.63, 3.8) is 0 Å². The Morgan fingerprint density at radius 2 is 1.37 bits per heavy atom. The molecule has 0 aliphatic heterocycles. The Kier molecular flexibility index (Phi) is 19.9. The molecule has 0 aromatic heterocycles. The zero-order valence-corrected chi connectivity index (χ0v) is 18.9. The predicted octanol–water partition coefficient (Wildman–Crippen LogP) is 5.09. The molecule has 0 bridgehead atoms. The fraction of sp³-hybridized carbons (Fsp3) is 0.857. The summed E-state index contributed by atoms with van der Waals surface area (Å²) >= 11 is 0. The molecule has 0 aliphatic carbocycles. The van der Waals surface area contributed by atoms with Gasteiger partial charge >= 0.3 is 17.9 Å². The summed E-state index contributed by atoms with van der Waals surface area (Å²) in [4.78, 5) is 31.8. The number of hydrogen-bond donors (Lipinski definition) is 1. The van der Waals surface area contributed by atoms with Crippen LogP contribution in [0.5, 0.6) is 0 Å². The van der Waals surface area contributed by atoms with E-state index in [-0.39, 0.29) is 23.8 Å². The largest absolute Gasteiger partial charge is 0.481 e. The average molecular weight is 391 g/mol. The van der Waals surface area contributed by atoms with E-state index < -0.39 is 11.4 Å². The lowest BCUT2D eigenvalue weighted by molar-refractivity contribution is -0.148. The second kappa shape index (κ2) is 17.8. The molecule has 0 saturated carbocycles. The topological polar surface area (TPSA) is 89.9 Å². The molecule has 0 radical (unpaired) electrons. The highest BCUT2D eigenvalue weighted by atomic mass is 16.5. The maximum atomic E-state index is 11.0. The number of esters is 2. The summed E-state index contributed by atoms with van der Waals surface area (Å²) in [7, 11) is 1.41. The minimum Gasteiger partial charge on any atom is -0.481 e. The lowest BCUT2D eigenvalue weighted by Crippen LogP contribution is -2.21. The number of ether oxygens (including phenoxy) is 2. The first-order chi connectivity index (χ1) is 12.4. The monoisotopic (exact) mass is 390 g/mol. The van der Waals surface area contributed by atoms with Crippen molar-refractivity contribution in [2.24, 2.45) is 17.3 Å². The van der Waals surface area contributed by atoms with Gasteiger partial charge in [0.25, 0.3) is 0 Å². The first-order valence-electron chi connectivity index (χ1n) is 9.92. The summed E-state index contributed by atoms with van der Waals surface area (Å²) in [5.74, 6) is -0.777. The Bertz CT molecular complexity index is 401. The standard InChI is InChI=1S/C9H18O2.2C6H12O2/c1-4-6-7-11-9(10)8(3)5-2;1-4-6(2,3)5(7)8;1-4-5(2)6(7)8-3/h8H,4-7H2,1-3H3;4H2,1-3H3,(H,7,8);5H,4H2,1-3H3. The van der Waals surface area contributed by atoms with Gasteiger partial charge in [-0.2, -0.15) is 0 Å². The van der Waals surface area contributed by atoms with Crippen LogP contribution in [0.2, 0.25) is 0 Å². The van der Waals surface area contributed by atoms with E-state index >= 15 is 0 Å². The Labute approximate surface area is 166 Å². The van der Waals surface area contributed by atoms with Crippen LogP contribution in [0.1, 0.15) is 87.5 Å². The van der Waals surface area contributed by atoms with Crippen LogP contribution in [0.4, 0.5) is 0 Å². The number of carboxylic acid groups (broad SMARTS) is 1. The van der Waals surface area contributed by atoms with Crippen LogP contribution < -0.4 is 0 Å². The van der Waals surface area contributed by atoms with Gasteiger partial charge in [0.15, 0.2) is 0 Å². The molecular formula is C21H42O6. The highest BCUT2D eigenvalue weighted by Gasteiger charge is 2.23. The van der Waals surface area contributed by atoms with Gasteiger partial charge in [-0.05, 0) is 39.5 Å². The molecule has 1 N–H and O–H groups in total. The van der Waals surface area contributed by atoms with Gasteiger partial charge < -0.3 is 14.6 Å². The van der Waals surface area contributed by atoms with E-state index in [0.29, 0.717) is 13.0 Å². The number of methoxy groups -OCH3 is 1. The van der Waals surface area contributed by atoms with Crippen molar-refractivity contribution in [3.8, 4) is 0 Å². The lowest BCUT2D eigenvalue weighted by atomic mass is 9.91. The van der Waals surface area contributed by atoms with E-state index in [1.807, 2.05) is 34.6 Å². The summed E-state index contributed by atoms with van der Waals surface area (Å²) in [6.45, 7) is 15.7. The van der Waals surface area contributed by atoms with Gasteiger partial charge in [-0.3, -0.25) is 14.4 Å². The van der Waals surface area contributed by atoms with Gasteiger partial charge in [-0.1, -0.05) is 48.0 Å². The molecule has 0 rings (SSSR count). The van der Waals surface area contributed by atoms with Gasteiger partial charge in [-0.15, -0.1) is 0 Å². The Morgan fingerprint density at radius 1 is 0.926 bits per heavy atom. The molecule has 0 heterocycles. The summed E-state index contributed by atoms with van der Waals surface area (Å²) in [6.07, 6.45) is 4.45. The van der Waals surface area contributed by atoms with Gasteiger partial charge in [0.2, 0.25) is 0 Å². The van der Waals surface area contributed by atoms with Crippen molar-refractivity contribution in [3.05, 3.63) is 0 Å². The SMILES string of the molecule is CCC(C)(C)C(=O)O.CCC(C)C(=O)OC.CCCCOC(=O)C(C)CC. The van der Waals surface area contributed by atoms with Gasteiger partial charge in [0.05, 0.1) is 31.0 Å². The minimum atomic E-state index is -0.722. The van der Waals surface area contributed by atoms with Crippen molar-refractivity contribution in [2.45, 2.75) is 87.5 Å². The molecule has 0 aromatic rings. The Balaban J connectivity index is -0.000000327. The fourth-order valence-corrected chi connectivity index (χ4v) is 1.15. The van der Waals surface area contributed by atoms with Crippen molar-refractivity contribution < 1.29 is 29.0 Å². The molecule has 2 atom stereocenters. The molecule has 2 unspecified atom stereocenters. The summed E-state index contributed by atoms with van der Waals surface area (Å²) in [5.41, 5.74) is -0.542. The quantitative estimate of drug-likeness (QED) is 0.436. The second-order valence-electron chi connectivity index (χ2n) is 7.21. The average Bonchev–Trinajstić information content (AvgIpc) is 2.66. The number of aliphatic carboxylic acids is 1. The van der Waals surface area contributed by atoms with Crippen LogP contribution in [-0.4, -0.2) is 36.7 Å². The van der Waals surface area contributed by atoms with Crippen LogP contribution in [0.3, 0.4) is 0 Å². The normalized spacial score (nSPS) is 12.3. The van der Waals surface area contributed by atoms with Crippen LogP contribution in [-0.2, 0) is 23.9 Å². The maximum absolute atomic E-state index is 11.0. The first kappa shape index (κ1) is 30.1. The van der Waals surface area contributed by atoms with Crippen LogP contribution in [0, 0.1) is 17.3 Å². The molecule has 6 nitrogen and oxygen atoms in total. The smallest absolute Gasteiger partial charge is 0.309 e. The number of carboxylic acids is 1. The van der Waals surface area contributed by atoms with Crippen LogP contribution in [0.15, 0.2) is 0 Å². The van der Waals surface area contributed by atoms with Gasteiger partial charge in [-0.25, -0.2) is 0 Å². The highest BCUT2D eigenvalue weighted by molar-refractivity contribution is 5.73. The highest BCUT2D eigenvalue weighted by Crippen LogP contribution is 2.18. The fourth-order valence-electron chi connectivity index (χ4n) is 1.15. The number of unbranched alkanes of at least 4 members (excludes halogenated alkanes) is 1. The van der Waals surface area contributed by atoms with Crippen molar-refractivity contribution in [1.29, 1.82) is 0 Å². The van der Waals surface area contributed by atoms with E-state index in [1.54, 1.807) is 13.8 Å². The number of carbonyl (C=O) groups is 3. The Hall–Kier alpha value is -1.59. The molecule has 27 heavy (non-hydrogen) atoms. The van der Waals surface area contributed by atoms with E-state index in [1.165, 1.54) is 7.11 Å². The molecule has 0 saturated heterocycles. The zero-order chi connectivity index (χ0) is 22.0. The summed E-state index contributed by atoms with van der Waals surface area (Å²) in [5, 5.41) is 8.44. The molecule has 0 amide bonds. The van der Waals surface area contributed by atoms with Crippen molar-refractivity contribution in [1.82, 2.24) is 0 Å². The molecular weight excluding hydrogens is 348 g/mol. The third-order valence-electron chi connectivity index (χ3n) is 4.44. The van der Waals surface area contributed by atoms with Crippen LogP contribution in [0.25, 0.3) is 0 Å². The summed E-state index contributed by atoms with van der Waals surface area (Å²) < 4.78 is 9.46. The number of hydrogen-bond acceptors (Lipinski definition) is 5. The molecule has 0 aromatic carbocycles. The van der Waals surface area contributed by atoms with E-state index in [4.69, 9.17) is 9.84 Å². The minimum absolute atomic E-state index is 0.0547. The third-order valence-corrected chi connectivity index (χ3v) is 4.44. The Morgan fingerprint density at radius 3 is 1.59 bits per heavy atom. The van der Waals surface area contributed by atoms with Crippen molar-refractivity contribution >= 4 is 17.9 Å². The molecule has 0 fully saturated rings. The number of rotatable bonds is 9. The molecule has 0 spiro atoms. The zero-order valence-electron chi connectivity index (χ0n) is 18.9. The molecule has 162 valence electrons. The van der Waals surface area contributed by atoms with E-state index in [9.17, 15) is 14.4 Å². The van der Waals surface area contributed by atoms with Crippen LogP contribution >= 0.6 is 0 Å². The second-order valence-corrected chi connectivity index (χ2v) is 7.21. The van der Waals surface area contributed by atoms with Gasteiger partial charge in [0.1, 0.15) is 0 Å². The van der Waals surface area contributed by atoms with E-state index in [0.717, 1.165) is 25.7 Å². The first-order valence-corrected chi connectivity index (χ1v) is 9.92. The van der Waals surface area contributed by atoms with E-state index in [2.05, 4.69) is 11.7 Å². The van der Waals surface area contributed by atoms with Crippen molar-refractivity contribution in [2.75, 3.05) is 13.7 Å². The molecule has 0 aliphatic rings. The number of carbonyl (C=O) groups excluding carboxylic acids is 2. The predicted molar refractivity (Wildman–Crippen MR) is 109 cm³/mol. The third kappa shape index (κ3) is 17.6. The summed E-state index contributed by atoms with van der Waals surface area (Å²) in [6, 6.07) is 0. The molecule has 6 heteroatoms. The lowest BCUT2D eigenvalue weighted by Gasteiger charge is -2.14. The maximum Gasteiger partial charge on any atom is 0.309 e.